The summed E-state index contributed by atoms with van der Waals surface area (Å²) in [5.74, 6) is -0.381. The zero-order valence-corrected chi connectivity index (χ0v) is 16.6. The van der Waals surface area contributed by atoms with Crippen LogP contribution in [0.2, 0.25) is 0 Å². The molecule has 148 valence electrons. The summed E-state index contributed by atoms with van der Waals surface area (Å²) in [7, 11) is 1.38. The van der Waals surface area contributed by atoms with Gasteiger partial charge in [0.2, 0.25) is 0 Å². The third-order valence-corrected chi connectivity index (χ3v) is 4.71. The van der Waals surface area contributed by atoms with Gasteiger partial charge in [0.15, 0.2) is 0 Å². The van der Waals surface area contributed by atoms with Gasteiger partial charge in [0, 0.05) is 23.6 Å². The van der Waals surface area contributed by atoms with Crippen molar-refractivity contribution in [1.82, 2.24) is 4.98 Å². The van der Waals surface area contributed by atoms with Crippen molar-refractivity contribution in [2.24, 2.45) is 0 Å². The SMILES string of the molecule is COC(=O)CCC=CCc1cccc(C)c1C(=O)Nc1cccc2cccnc12. The van der Waals surface area contributed by atoms with Crippen LogP contribution >= 0.6 is 0 Å². The number of nitrogens with one attached hydrogen (secondary N) is 1. The second kappa shape index (κ2) is 9.64. The first-order chi connectivity index (χ1) is 14.1. The van der Waals surface area contributed by atoms with Crippen LogP contribution in [0.25, 0.3) is 10.9 Å². The molecule has 3 aromatic rings. The van der Waals surface area contributed by atoms with Gasteiger partial charge in [-0.3, -0.25) is 14.6 Å². The molecule has 0 fully saturated rings. The molecule has 1 aromatic heterocycles. The number of esters is 1. The number of anilines is 1. The van der Waals surface area contributed by atoms with Crippen molar-refractivity contribution >= 4 is 28.5 Å². The number of aromatic nitrogens is 1. The van der Waals surface area contributed by atoms with Gasteiger partial charge in [0.25, 0.3) is 5.91 Å². The van der Waals surface area contributed by atoms with Gasteiger partial charge < -0.3 is 10.1 Å². The van der Waals surface area contributed by atoms with Crippen molar-refractivity contribution in [2.75, 3.05) is 12.4 Å². The number of ether oxygens (including phenoxy) is 1. The van der Waals surface area contributed by atoms with Crippen LogP contribution in [0.15, 0.2) is 66.9 Å². The van der Waals surface area contributed by atoms with E-state index < -0.39 is 0 Å². The highest BCUT2D eigenvalue weighted by Gasteiger charge is 2.15. The van der Waals surface area contributed by atoms with Crippen molar-refractivity contribution in [3.8, 4) is 0 Å². The summed E-state index contributed by atoms with van der Waals surface area (Å²) in [6.07, 6.45) is 7.21. The molecule has 29 heavy (non-hydrogen) atoms. The van der Waals surface area contributed by atoms with Crippen LogP contribution in [-0.2, 0) is 16.0 Å². The van der Waals surface area contributed by atoms with Crippen LogP contribution < -0.4 is 5.32 Å². The molecule has 0 saturated carbocycles. The fraction of sp³-hybridized carbons (Fsp3) is 0.208. The summed E-state index contributed by atoms with van der Waals surface area (Å²) in [4.78, 5) is 28.7. The molecular weight excluding hydrogens is 364 g/mol. The Kier molecular flexibility index (Phi) is 6.74. The van der Waals surface area contributed by atoms with Crippen LogP contribution in [0.3, 0.4) is 0 Å². The zero-order chi connectivity index (χ0) is 20.6. The second-order valence-corrected chi connectivity index (χ2v) is 6.73. The van der Waals surface area contributed by atoms with E-state index in [2.05, 4.69) is 15.0 Å². The number of pyridine rings is 1. The average Bonchev–Trinajstić information content (AvgIpc) is 2.73. The first-order valence-corrected chi connectivity index (χ1v) is 9.55. The molecule has 0 unspecified atom stereocenters. The van der Waals surface area contributed by atoms with Crippen molar-refractivity contribution in [1.29, 1.82) is 0 Å². The quantitative estimate of drug-likeness (QED) is 0.464. The van der Waals surface area contributed by atoms with E-state index in [4.69, 9.17) is 0 Å². The molecular formula is C24H24N2O3. The maximum absolute atomic E-state index is 13.1. The zero-order valence-electron chi connectivity index (χ0n) is 16.6. The third kappa shape index (κ3) is 5.08. The molecule has 1 heterocycles. The predicted octanol–water partition coefficient (Wildman–Crippen LogP) is 4.85. The molecule has 0 saturated heterocycles. The van der Waals surface area contributed by atoms with Crippen molar-refractivity contribution < 1.29 is 14.3 Å². The Bertz CT molecular complexity index is 1050. The minimum atomic E-state index is -0.228. The molecule has 0 aliphatic heterocycles. The lowest BCUT2D eigenvalue weighted by Crippen LogP contribution is -2.16. The number of carbonyl (C=O) groups excluding carboxylic acids is 2. The summed E-state index contributed by atoms with van der Waals surface area (Å²) >= 11 is 0. The van der Waals surface area contributed by atoms with Gasteiger partial charge in [-0.25, -0.2) is 0 Å². The minimum Gasteiger partial charge on any atom is -0.469 e. The Labute approximate surface area is 170 Å². The number of aryl methyl sites for hydroxylation is 1. The van der Waals surface area contributed by atoms with Gasteiger partial charge in [-0.2, -0.15) is 0 Å². The number of hydrogen-bond acceptors (Lipinski definition) is 4. The summed E-state index contributed by atoms with van der Waals surface area (Å²) < 4.78 is 4.64. The standard InChI is InChI=1S/C24H24N2O3/c1-17-9-6-11-18(10-4-3-5-15-21(27)29-2)22(17)24(28)26-20-14-7-12-19-13-8-16-25-23(19)20/h3-4,6-9,11-14,16H,5,10,15H2,1-2H3,(H,26,28). The average molecular weight is 388 g/mol. The lowest BCUT2D eigenvalue weighted by Gasteiger charge is -2.13. The maximum Gasteiger partial charge on any atom is 0.305 e. The van der Waals surface area contributed by atoms with Crippen molar-refractivity contribution in [3.05, 3.63) is 83.6 Å². The number of allylic oxidation sites excluding steroid dienone is 2. The van der Waals surface area contributed by atoms with Gasteiger partial charge in [-0.15, -0.1) is 0 Å². The molecule has 2 aromatic carbocycles. The Morgan fingerprint density at radius 3 is 2.69 bits per heavy atom. The van der Waals surface area contributed by atoms with E-state index in [1.54, 1.807) is 6.20 Å². The summed E-state index contributed by atoms with van der Waals surface area (Å²) in [6, 6.07) is 15.4. The number of benzene rings is 2. The number of amides is 1. The summed E-state index contributed by atoms with van der Waals surface area (Å²) in [5.41, 5.74) is 3.97. The number of carbonyl (C=O) groups is 2. The molecule has 1 amide bonds. The molecule has 0 bridgehead atoms. The fourth-order valence-corrected chi connectivity index (χ4v) is 3.24. The number of nitrogens with zero attached hydrogens (tertiary/aromatic N) is 1. The van der Waals surface area contributed by atoms with Crippen LogP contribution in [0.5, 0.6) is 0 Å². The fourth-order valence-electron chi connectivity index (χ4n) is 3.24. The van der Waals surface area contributed by atoms with Gasteiger partial charge in [0.1, 0.15) is 0 Å². The molecule has 0 radical (unpaired) electrons. The van der Waals surface area contributed by atoms with Crippen molar-refractivity contribution in [2.45, 2.75) is 26.2 Å². The first kappa shape index (κ1) is 20.3. The molecule has 0 atom stereocenters. The van der Waals surface area contributed by atoms with Crippen LogP contribution in [0, 0.1) is 6.92 Å². The van der Waals surface area contributed by atoms with Gasteiger partial charge >= 0.3 is 5.97 Å². The molecule has 1 N–H and O–H groups in total. The van der Waals surface area contributed by atoms with Crippen LogP contribution in [-0.4, -0.2) is 24.0 Å². The molecule has 5 heteroatoms. The maximum atomic E-state index is 13.1. The third-order valence-electron chi connectivity index (χ3n) is 4.71. The smallest absolute Gasteiger partial charge is 0.305 e. The van der Waals surface area contributed by atoms with Crippen molar-refractivity contribution in [3.63, 3.8) is 0 Å². The van der Waals surface area contributed by atoms with Gasteiger partial charge in [0.05, 0.1) is 18.3 Å². The van der Waals surface area contributed by atoms with E-state index in [-0.39, 0.29) is 11.9 Å². The first-order valence-electron chi connectivity index (χ1n) is 9.55. The van der Waals surface area contributed by atoms with E-state index in [9.17, 15) is 9.59 Å². The Morgan fingerprint density at radius 1 is 1.07 bits per heavy atom. The molecule has 3 rings (SSSR count). The number of fused-ring (bicyclic) bond motifs is 1. The molecule has 0 aliphatic rings. The van der Waals surface area contributed by atoms with E-state index in [1.165, 1.54) is 7.11 Å². The lowest BCUT2D eigenvalue weighted by atomic mass is 9.98. The number of hydrogen-bond donors (Lipinski definition) is 1. The van der Waals surface area contributed by atoms with E-state index >= 15 is 0 Å². The van der Waals surface area contributed by atoms with Crippen LogP contribution in [0.4, 0.5) is 5.69 Å². The highest BCUT2D eigenvalue weighted by Crippen LogP contribution is 2.23. The molecule has 5 nitrogen and oxygen atoms in total. The Hall–Kier alpha value is -3.47. The van der Waals surface area contributed by atoms with E-state index in [0.29, 0.717) is 30.5 Å². The number of para-hydroxylation sites is 1. The number of methoxy groups -OCH3 is 1. The minimum absolute atomic E-state index is 0.154. The molecule has 0 aliphatic carbocycles. The predicted molar refractivity (Wildman–Crippen MR) is 115 cm³/mol. The highest BCUT2D eigenvalue weighted by molar-refractivity contribution is 6.09. The number of rotatable bonds is 7. The van der Waals surface area contributed by atoms with Crippen LogP contribution in [0.1, 0.15) is 34.3 Å². The normalized spacial score (nSPS) is 11.0. The van der Waals surface area contributed by atoms with E-state index in [0.717, 1.165) is 22.0 Å². The lowest BCUT2D eigenvalue weighted by molar-refractivity contribution is -0.140. The second-order valence-electron chi connectivity index (χ2n) is 6.73. The summed E-state index contributed by atoms with van der Waals surface area (Å²) in [6.45, 7) is 1.93. The summed E-state index contributed by atoms with van der Waals surface area (Å²) in [5, 5.41) is 4.00. The largest absolute Gasteiger partial charge is 0.469 e. The van der Waals surface area contributed by atoms with Gasteiger partial charge in [-0.1, -0.05) is 48.6 Å². The molecule has 0 spiro atoms. The van der Waals surface area contributed by atoms with Gasteiger partial charge in [-0.05, 0) is 43.0 Å². The van der Waals surface area contributed by atoms with E-state index in [1.807, 2.05) is 67.6 Å². The topological polar surface area (TPSA) is 68.3 Å². The highest BCUT2D eigenvalue weighted by atomic mass is 16.5. The Morgan fingerprint density at radius 2 is 1.86 bits per heavy atom. The monoisotopic (exact) mass is 388 g/mol. The Balaban J connectivity index is 1.78.